The van der Waals surface area contributed by atoms with Crippen LogP contribution in [0.25, 0.3) is 0 Å². The molecule has 0 N–H and O–H groups in total. The second-order valence-corrected chi connectivity index (χ2v) is 6.95. The average molecular weight is 272 g/mol. The molecule has 0 atom stereocenters. The van der Waals surface area contributed by atoms with Gasteiger partial charge in [-0.15, -0.1) is 11.8 Å². The number of hydrogen-bond donors (Lipinski definition) is 0. The van der Waals surface area contributed by atoms with Gasteiger partial charge in [-0.05, 0) is 22.9 Å². The summed E-state index contributed by atoms with van der Waals surface area (Å²) in [5, 5.41) is 0. The molecule has 0 aliphatic carbocycles. The SMILES string of the molecule is O=S(=O)([O-])SCCSc1ccccc1.[Na+]. The average Bonchev–Trinajstić information content (AvgIpc) is 2.13. The molecule has 0 radical (unpaired) electrons. The molecule has 0 amide bonds. The summed E-state index contributed by atoms with van der Waals surface area (Å²) in [6.07, 6.45) is 0. The van der Waals surface area contributed by atoms with Gasteiger partial charge in [0.05, 0.1) is 0 Å². The molecule has 0 saturated carbocycles. The van der Waals surface area contributed by atoms with Crippen LogP contribution in [-0.4, -0.2) is 24.5 Å². The molecule has 1 aromatic carbocycles. The van der Waals surface area contributed by atoms with E-state index in [1.165, 1.54) is 11.8 Å². The number of hydrogen-bond acceptors (Lipinski definition) is 5. The van der Waals surface area contributed by atoms with Crippen LogP contribution in [0.1, 0.15) is 0 Å². The van der Waals surface area contributed by atoms with E-state index < -0.39 is 9.15 Å². The Balaban J connectivity index is 0.00000196. The first-order valence-electron chi connectivity index (χ1n) is 3.86. The standard InChI is InChI=1S/C8H10O3S3.Na/c9-14(10,11)13-7-6-12-8-4-2-1-3-5-8;/h1-5H,6-7H2,(H,9,10,11);/q;+1/p-1. The summed E-state index contributed by atoms with van der Waals surface area (Å²) in [5.74, 6) is 0.946. The molecule has 1 rings (SSSR count). The second-order valence-electron chi connectivity index (χ2n) is 2.39. The fourth-order valence-corrected chi connectivity index (χ4v) is 3.43. The topological polar surface area (TPSA) is 57.2 Å². The molecule has 3 nitrogen and oxygen atoms in total. The number of thioether (sulfide) groups is 1. The van der Waals surface area contributed by atoms with Crippen LogP contribution in [0.15, 0.2) is 35.2 Å². The van der Waals surface area contributed by atoms with E-state index in [1.54, 1.807) is 0 Å². The summed E-state index contributed by atoms with van der Waals surface area (Å²) >= 11 is 1.54. The molecule has 0 bridgehead atoms. The maximum atomic E-state index is 10.2. The van der Waals surface area contributed by atoms with E-state index in [-0.39, 0.29) is 29.6 Å². The monoisotopic (exact) mass is 272 g/mol. The van der Waals surface area contributed by atoms with Crippen LogP contribution < -0.4 is 29.6 Å². The minimum atomic E-state index is -4.13. The van der Waals surface area contributed by atoms with Gasteiger partial charge in [0.2, 0.25) is 0 Å². The minimum Gasteiger partial charge on any atom is -0.739 e. The first-order chi connectivity index (χ1) is 6.58. The molecular formula is C8H9NaO3S3. The Morgan fingerprint density at radius 2 is 1.73 bits per heavy atom. The third-order valence-electron chi connectivity index (χ3n) is 1.32. The minimum absolute atomic E-state index is 0. The molecule has 78 valence electrons. The normalized spacial score (nSPS) is 10.7. The van der Waals surface area contributed by atoms with E-state index >= 15 is 0 Å². The molecule has 0 saturated heterocycles. The summed E-state index contributed by atoms with van der Waals surface area (Å²) in [5.41, 5.74) is 0. The molecule has 0 fully saturated rings. The zero-order valence-corrected chi connectivity index (χ0v) is 12.7. The van der Waals surface area contributed by atoms with Crippen molar-refractivity contribution in [1.82, 2.24) is 0 Å². The quantitative estimate of drug-likeness (QED) is 0.226. The fourth-order valence-electron chi connectivity index (χ4n) is 0.812. The Hall–Kier alpha value is 0.830. The van der Waals surface area contributed by atoms with Gasteiger partial charge in [-0.3, -0.25) is 0 Å². The van der Waals surface area contributed by atoms with Crippen molar-refractivity contribution in [1.29, 1.82) is 0 Å². The van der Waals surface area contributed by atoms with Gasteiger partial charge in [-0.1, -0.05) is 18.2 Å². The molecule has 0 aliphatic heterocycles. The van der Waals surface area contributed by atoms with Crippen molar-refractivity contribution in [2.75, 3.05) is 11.5 Å². The van der Waals surface area contributed by atoms with Gasteiger partial charge in [-0.2, -0.15) is 0 Å². The first kappa shape index (κ1) is 15.8. The van der Waals surface area contributed by atoms with Crippen LogP contribution in [0.2, 0.25) is 0 Å². The molecular weight excluding hydrogens is 263 g/mol. The number of rotatable bonds is 5. The van der Waals surface area contributed by atoms with Crippen molar-refractivity contribution in [2.45, 2.75) is 4.90 Å². The molecule has 0 heterocycles. The van der Waals surface area contributed by atoms with Crippen molar-refractivity contribution in [3.8, 4) is 0 Å². The Kier molecular flexibility index (Phi) is 8.44. The van der Waals surface area contributed by atoms with Crippen LogP contribution in [0.3, 0.4) is 0 Å². The summed E-state index contributed by atoms with van der Waals surface area (Å²) in [6, 6.07) is 9.64. The maximum Gasteiger partial charge on any atom is 1.00 e. The predicted octanol–water partition coefficient (Wildman–Crippen LogP) is -1.02. The molecule has 0 aliphatic rings. The second kappa shape index (κ2) is 8.00. The smallest absolute Gasteiger partial charge is 0.739 e. The maximum absolute atomic E-state index is 10.2. The summed E-state index contributed by atoms with van der Waals surface area (Å²) in [6.45, 7) is 0. The van der Waals surface area contributed by atoms with E-state index in [0.717, 1.165) is 4.90 Å². The molecule has 0 aromatic heterocycles. The van der Waals surface area contributed by atoms with Crippen molar-refractivity contribution >= 4 is 31.7 Å². The van der Waals surface area contributed by atoms with E-state index in [0.29, 0.717) is 22.3 Å². The summed E-state index contributed by atoms with van der Waals surface area (Å²) in [7, 11) is -3.68. The van der Waals surface area contributed by atoms with E-state index in [2.05, 4.69) is 0 Å². The summed E-state index contributed by atoms with van der Waals surface area (Å²) in [4.78, 5) is 1.08. The Labute approximate surface area is 120 Å². The van der Waals surface area contributed by atoms with Gasteiger partial charge in [0.25, 0.3) is 0 Å². The molecule has 1 aromatic rings. The van der Waals surface area contributed by atoms with E-state index in [1.807, 2.05) is 30.3 Å². The third kappa shape index (κ3) is 8.62. The van der Waals surface area contributed by atoms with Crippen molar-refractivity contribution < 1.29 is 42.5 Å². The van der Waals surface area contributed by atoms with Gasteiger partial charge in [-0.25, -0.2) is 8.42 Å². The van der Waals surface area contributed by atoms with Crippen LogP contribution in [0.5, 0.6) is 0 Å². The molecule has 7 heteroatoms. The van der Waals surface area contributed by atoms with E-state index in [4.69, 9.17) is 0 Å². The Bertz CT molecular complexity index is 366. The number of benzene rings is 1. The van der Waals surface area contributed by atoms with Crippen LogP contribution in [-0.2, 0) is 9.15 Å². The van der Waals surface area contributed by atoms with E-state index in [9.17, 15) is 13.0 Å². The van der Waals surface area contributed by atoms with Crippen molar-refractivity contribution in [3.63, 3.8) is 0 Å². The van der Waals surface area contributed by atoms with Gasteiger partial charge >= 0.3 is 29.6 Å². The first-order valence-corrected chi connectivity index (χ1v) is 7.76. The zero-order chi connectivity index (χ0) is 10.4. The molecule has 15 heavy (non-hydrogen) atoms. The van der Waals surface area contributed by atoms with Gasteiger partial charge < -0.3 is 4.55 Å². The largest absolute Gasteiger partial charge is 1.00 e. The van der Waals surface area contributed by atoms with Crippen molar-refractivity contribution in [3.05, 3.63) is 30.3 Å². The van der Waals surface area contributed by atoms with Crippen molar-refractivity contribution in [2.24, 2.45) is 0 Å². The Morgan fingerprint density at radius 1 is 1.13 bits per heavy atom. The predicted molar refractivity (Wildman–Crippen MR) is 59.3 cm³/mol. The fraction of sp³-hybridized carbons (Fsp3) is 0.250. The summed E-state index contributed by atoms with van der Waals surface area (Å²) < 4.78 is 30.7. The van der Waals surface area contributed by atoms with Gasteiger partial charge in [0.15, 0.2) is 0 Å². The third-order valence-corrected chi connectivity index (χ3v) is 4.62. The molecule has 0 spiro atoms. The van der Waals surface area contributed by atoms with Crippen LogP contribution in [0.4, 0.5) is 0 Å². The Morgan fingerprint density at radius 3 is 2.27 bits per heavy atom. The van der Waals surface area contributed by atoms with Crippen LogP contribution >= 0.6 is 22.6 Å². The van der Waals surface area contributed by atoms with Gasteiger partial charge in [0, 0.05) is 16.4 Å². The van der Waals surface area contributed by atoms with Crippen LogP contribution in [0, 0.1) is 0 Å². The van der Waals surface area contributed by atoms with Gasteiger partial charge in [0.1, 0.15) is 9.15 Å². The molecule has 0 unspecified atom stereocenters. The zero-order valence-electron chi connectivity index (χ0n) is 8.25.